The fourth-order valence-electron chi connectivity index (χ4n) is 2.58. The first-order valence-electron chi connectivity index (χ1n) is 8.53. The van der Waals surface area contributed by atoms with Crippen LogP contribution in [0.25, 0.3) is 5.69 Å². The Kier molecular flexibility index (Phi) is 6.48. The lowest BCUT2D eigenvalue weighted by Crippen LogP contribution is -2.09. The number of carbonyl (C=O) groups is 2. The van der Waals surface area contributed by atoms with E-state index >= 15 is 0 Å². The van der Waals surface area contributed by atoms with Crippen LogP contribution in [0.4, 0.5) is 5.13 Å². The number of aromatic nitrogens is 3. The summed E-state index contributed by atoms with van der Waals surface area (Å²) in [4.78, 5) is 31.6. The van der Waals surface area contributed by atoms with Gasteiger partial charge in [-0.15, -0.1) is 11.3 Å². The topological polar surface area (TPSA) is 86.1 Å². The van der Waals surface area contributed by atoms with Gasteiger partial charge in [0.2, 0.25) is 5.91 Å². The van der Waals surface area contributed by atoms with Crippen LogP contribution in [0.15, 0.2) is 41.1 Å². The van der Waals surface area contributed by atoms with Crippen LogP contribution in [0.3, 0.4) is 0 Å². The van der Waals surface area contributed by atoms with E-state index in [9.17, 15) is 9.59 Å². The summed E-state index contributed by atoms with van der Waals surface area (Å²) in [5, 5.41) is 5.56. The molecule has 0 saturated carbocycles. The molecule has 28 heavy (non-hydrogen) atoms. The molecule has 1 amide bonds. The fraction of sp³-hybridized carbons (Fsp3) is 0.263. The van der Waals surface area contributed by atoms with E-state index in [0.717, 1.165) is 10.8 Å². The minimum atomic E-state index is -0.353. The smallest absolute Gasteiger partial charge is 0.316 e. The highest BCUT2D eigenvalue weighted by molar-refractivity contribution is 7.99. The van der Waals surface area contributed by atoms with Gasteiger partial charge in [-0.05, 0) is 37.1 Å². The Hall–Kier alpha value is -2.65. The molecule has 146 valence electrons. The molecule has 0 bridgehead atoms. The monoisotopic (exact) mass is 416 g/mol. The van der Waals surface area contributed by atoms with Crippen LogP contribution < -0.4 is 5.32 Å². The number of hydrogen-bond donors (Lipinski definition) is 1. The Labute approximate surface area is 171 Å². The summed E-state index contributed by atoms with van der Waals surface area (Å²) < 4.78 is 7.22. The number of rotatable bonds is 7. The van der Waals surface area contributed by atoms with Crippen LogP contribution in [0.1, 0.15) is 23.7 Å². The molecule has 0 aliphatic heterocycles. The lowest BCUT2D eigenvalue weighted by molar-refractivity contribution is -0.141. The molecule has 0 saturated heterocycles. The van der Waals surface area contributed by atoms with Crippen molar-refractivity contribution in [3.05, 3.63) is 52.8 Å². The van der Waals surface area contributed by atoms with Crippen molar-refractivity contribution in [2.24, 2.45) is 0 Å². The molecule has 0 aliphatic rings. The van der Waals surface area contributed by atoms with E-state index in [1.165, 1.54) is 41.1 Å². The zero-order chi connectivity index (χ0) is 20.1. The van der Waals surface area contributed by atoms with Crippen molar-refractivity contribution in [3.63, 3.8) is 0 Å². The molecule has 3 aromatic rings. The summed E-state index contributed by atoms with van der Waals surface area (Å²) in [6.07, 6.45) is 3.59. The Morgan fingerprint density at radius 2 is 2.00 bits per heavy atom. The maximum absolute atomic E-state index is 12.1. The van der Waals surface area contributed by atoms with Gasteiger partial charge in [0.1, 0.15) is 6.61 Å². The molecule has 0 radical (unpaired) electrons. The standard InChI is InChI=1S/C19H20N4O3S2/c1-12-6-13(2)8-16(7-12)23-5-4-20-19(23)28-11-17(25)26-9-15-10-27-18(22-15)21-14(3)24/h4-8,10H,9,11H2,1-3H3,(H,21,22,24). The third kappa shape index (κ3) is 5.43. The number of nitrogens with zero attached hydrogens (tertiary/aromatic N) is 3. The number of benzene rings is 1. The predicted octanol–water partition coefficient (Wildman–Crippen LogP) is 3.74. The van der Waals surface area contributed by atoms with Gasteiger partial charge in [-0.1, -0.05) is 17.8 Å². The van der Waals surface area contributed by atoms with Crippen LogP contribution >= 0.6 is 23.1 Å². The summed E-state index contributed by atoms with van der Waals surface area (Å²) in [5.41, 5.74) is 3.95. The van der Waals surface area contributed by atoms with Crippen LogP contribution in [0, 0.1) is 13.8 Å². The van der Waals surface area contributed by atoms with E-state index in [-0.39, 0.29) is 24.2 Å². The van der Waals surface area contributed by atoms with Gasteiger partial charge in [0.05, 0.1) is 11.4 Å². The minimum absolute atomic E-state index is 0.0704. The summed E-state index contributed by atoms with van der Waals surface area (Å²) in [7, 11) is 0. The molecule has 0 unspecified atom stereocenters. The molecule has 1 N–H and O–H groups in total. The summed E-state index contributed by atoms with van der Waals surface area (Å²) >= 11 is 2.61. The third-order valence-corrected chi connectivity index (χ3v) is 5.37. The molecule has 2 aromatic heterocycles. The molecule has 3 rings (SSSR count). The van der Waals surface area contributed by atoms with Gasteiger partial charge >= 0.3 is 5.97 Å². The summed E-state index contributed by atoms with van der Waals surface area (Å²) in [5.74, 6) is -0.396. The SMILES string of the molecule is CC(=O)Nc1nc(COC(=O)CSc2nccn2-c2cc(C)cc(C)c2)cs1. The molecule has 1 aromatic carbocycles. The zero-order valence-corrected chi connectivity index (χ0v) is 17.4. The second kappa shape index (κ2) is 9.03. The van der Waals surface area contributed by atoms with Crippen molar-refractivity contribution in [1.29, 1.82) is 0 Å². The molecule has 0 atom stereocenters. The lowest BCUT2D eigenvalue weighted by atomic mass is 10.1. The van der Waals surface area contributed by atoms with E-state index in [4.69, 9.17) is 4.74 Å². The average molecular weight is 417 g/mol. The van der Waals surface area contributed by atoms with E-state index in [0.29, 0.717) is 10.8 Å². The number of nitrogens with one attached hydrogen (secondary N) is 1. The van der Waals surface area contributed by atoms with Crippen molar-refractivity contribution < 1.29 is 14.3 Å². The van der Waals surface area contributed by atoms with E-state index in [1.807, 2.05) is 24.6 Å². The molecular formula is C19H20N4O3S2. The normalized spacial score (nSPS) is 10.7. The van der Waals surface area contributed by atoms with E-state index in [2.05, 4.69) is 33.5 Å². The first kappa shape index (κ1) is 20.1. The first-order valence-corrected chi connectivity index (χ1v) is 10.4. The van der Waals surface area contributed by atoms with Gasteiger partial charge in [0, 0.05) is 30.4 Å². The first-order chi connectivity index (χ1) is 13.4. The maximum Gasteiger partial charge on any atom is 0.316 e. The number of thiazole rings is 1. The number of thioether (sulfide) groups is 1. The highest BCUT2D eigenvalue weighted by Gasteiger charge is 2.12. The van der Waals surface area contributed by atoms with Gasteiger partial charge in [-0.25, -0.2) is 9.97 Å². The largest absolute Gasteiger partial charge is 0.459 e. The second-order valence-electron chi connectivity index (χ2n) is 6.20. The van der Waals surface area contributed by atoms with Crippen LogP contribution in [-0.4, -0.2) is 32.2 Å². The van der Waals surface area contributed by atoms with E-state index < -0.39 is 0 Å². The Morgan fingerprint density at radius 3 is 2.71 bits per heavy atom. The number of aryl methyl sites for hydroxylation is 2. The Morgan fingerprint density at radius 1 is 1.25 bits per heavy atom. The highest BCUT2D eigenvalue weighted by Crippen LogP contribution is 2.22. The average Bonchev–Trinajstić information content (AvgIpc) is 3.26. The summed E-state index contributed by atoms with van der Waals surface area (Å²) in [6.45, 7) is 5.59. The number of imidazole rings is 1. The van der Waals surface area contributed by atoms with Crippen molar-refractivity contribution in [3.8, 4) is 5.69 Å². The van der Waals surface area contributed by atoms with Gasteiger partial charge in [0.25, 0.3) is 0 Å². The number of anilines is 1. The van der Waals surface area contributed by atoms with Crippen LogP contribution in [0.5, 0.6) is 0 Å². The van der Waals surface area contributed by atoms with Crippen molar-refractivity contribution >= 4 is 40.1 Å². The molecule has 0 aliphatic carbocycles. The molecule has 0 fully saturated rings. The number of amides is 1. The third-order valence-electron chi connectivity index (χ3n) is 3.63. The Balaban J connectivity index is 1.55. The van der Waals surface area contributed by atoms with Crippen molar-refractivity contribution in [2.75, 3.05) is 11.1 Å². The maximum atomic E-state index is 12.1. The number of ether oxygens (including phenoxy) is 1. The van der Waals surface area contributed by atoms with Crippen molar-refractivity contribution in [1.82, 2.24) is 14.5 Å². The van der Waals surface area contributed by atoms with Crippen molar-refractivity contribution in [2.45, 2.75) is 32.5 Å². The highest BCUT2D eigenvalue weighted by atomic mass is 32.2. The van der Waals surface area contributed by atoms with Gasteiger partial charge in [-0.2, -0.15) is 0 Å². The molecule has 0 spiro atoms. The van der Waals surface area contributed by atoms with Crippen LogP contribution in [0.2, 0.25) is 0 Å². The molecule has 2 heterocycles. The number of carbonyl (C=O) groups excluding carboxylic acids is 2. The predicted molar refractivity (Wildman–Crippen MR) is 110 cm³/mol. The van der Waals surface area contributed by atoms with Gasteiger partial charge in [0.15, 0.2) is 10.3 Å². The Bertz CT molecular complexity index is 976. The van der Waals surface area contributed by atoms with Gasteiger partial charge in [-0.3, -0.25) is 14.2 Å². The molecule has 9 heteroatoms. The minimum Gasteiger partial charge on any atom is -0.459 e. The zero-order valence-electron chi connectivity index (χ0n) is 15.8. The molecule has 7 nitrogen and oxygen atoms in total. The lowest BCUT2D eigenvalue weighted by Gasteiger charge is -2.09. The molecular weight excluding hydrogens is 396 g/mol. The van der Waals surface area contributed by atoms with Crippen LogP contribution in [-0.2, 0) is 20.9 Å². The number of hydrogen-bond acceptors (Lipinski definition) is 7. The summed E-state index contributed by atoms with van der Waals surface area (Å²) in [6, 6.07) is 6.26. The van der Waals surface area contributed by atoms with Gasteiger partial charge < -0.3 is 10.1 Å². The quantitative estimate of drug-likeness (QED) is 0.466. The fourth-order valence-corrected chi connectivity index (χ4v) is 4.10. The number of esters is 1. The second-order valence-corrected chi connectivity index (χ2v) is 8.00. The van der Waals surface area contributed by atoms with E-state index in [1.54, 1.807) is 11.6 Å².